The number of carbonyl (C=O) groups excluding carboxylic acids is 1. The largest absolute Gasteiger partial charge is 0.459 e. The second kappa shape index (κ2) is 7.05. The maximum absolute atomic E-state index is 13.0. The van der Waals surface area contributed by atoms with Gasteiger partial charge >= 0.3 is 5.97 Å². The average molecular weight is 298 g/mol. The Morgan fingerprint density at radius 2 is 1.75 bits per heavy atom. The molecule has 20 heavy (non-hydrogen) atoms. The molecule has 0 aliphatic rings. The van der Waals surface area contributed by atoms with Gasteiger partial charge in [-0.3, -0.25) is 4.57 Å². The molecule has 0 fully saturated rings. The van der Waals surface area contributed by atoms with E-state index in [1.807, 2.05) is 13.8 Å². The molecule has 0 saturated heterocycles. The summed E-state index contributed by atoms with van der Waals surface area (Å²) in [6, 6.07) is 6.80. The second-order valence-electron chi connectivity index (χ2n) is 5.12. The van der Waals surface area contributed by atoms with Crippen molar-refractivity contribution in [3.05, 3.63) is 29.8 Å². The minimum atomic E-state index is -3.04. The normalized spacial score (nSPS) is 14.3. The summed E-state index contributed by atoms with van der Waals surface area (Å²) in [4.78, 5) is 12.1. The van der Waals surface area contributed by atoms with Crippen LogP contribution in [0.1, 0.15) is 45.0 Å². The third kappa shape index (κ3) is 4.19. The molecule has 0 spiro atoms. The molecule has 0 saturated carbocycles. The minimum absolute atomic E-state index is 0.171. The summed E-state index contributed by atoms with van der Waals surface area (Å²) in [7, 11) is -3.04. The van der Waals surface area contributed by atoms with Gasteiger partial charge in [-0.1, -0.05) is 19.1 Å². The molecule has 0 aliphatic carbocycles. The van der Waals surface area contributed by atoms with Gasteiger partial charge in [-0.15, -0.1) is 0 Å². The van der Waals surface area contributed by atoms with E-state index in [1.54, 1.807) is 45.0 Å². The Labute approximate surface area is 120 Å². The number of hydrogen-bond donors (Lipinski definition) is 0. The highest BCUT2D eigenvalue weighted by molar-refractivity contribution is 7.67. The molecular formula is C15H23O4P. The van der Waals surface area contributed by atoms with Gasteiger partial charge in [-0.2, -0.15) is 0 Å². The van der Waals surface area contributed by atoms with Crippen LogP contribution in [0.4, 0.5) is 0 Å². The van der Waals surface area contributed by atoms with Gasteiger partial charge < -0.3 is 9.26 Å². The number of ether oxygens (including phenoxy) is 1. The van der Waals surface area contributed by atoms with Crippen LogP contribution >= 0.6 is 7.37 Å². The highest BCUT2D eigenvalue weighted by atomic mass is 31.2. The van der Waals surface area contributed by atoms with Crippen molar-refractivity contribution in [2.45, 2.75) is 46.8 Å². The van der Waals surface area contributed by atoms with E-state index < -0.39 is 13.3 Å². The van der Waals surface area contributed by atoms with Crippen molar-refractivity contribution in [1.29, 1.82) is 0 Å². The van der Waals surface area contributed by atoms with Crippen LogP contribution in [0.2, 0.25) is 0 Å². The molecule has 0 aliphatic heterocycles. The lowest BCUT2D eigenvalue weighted by molar-refractivity contribution is 0.0379. The molecule has 1 rings (SSSR count). The summed E-state index contributed by atoms with van der Waals surface area (Å²) >= 11 is 0. The zero-order valence-electron chi connectivity index (χ0n) is 12.8. The first kappa shape index (κ1) is 16.9. The number of benzene rings is 1. The Hall–Kier alpha value is -1.12. The van der Waals surface area contributed by atoms with Crippen molar-refractivity contribution in [2.75, 3.05) is 6.16 Å². The summed E-state index contributed by atoms with van der Waals surface area (Å²) in [5, 5.41) is 0.446. The van der Waals surface area contributed by atoms with Gasteiger partial charge in [0.2, 0.25) is 7.37 Å². The quantitative estimate of drug-likeness (QED) is 0.595. The predicted molar refractivity (Wildman–Crippen MR) is 81.0 cm³/mol. The number of esters is 1. The molecule has 0 heterocycles. The zero-order valence-corrected chi connectivity index (χ0v) is 13.6. The Morgan fingerprint density at radius 3 is 2.25 bits per heavy atom. The van der Waals surface area contributed by atoms with Crippen LogP contribution in [0.3, 0.4) is 0 Å². The van der Waals surface area contributed by atoms with E-state index in [4.69, 9.17) is 9.26 Å². The average Bonchev–Trinajstić information content (AvgIpc) is 2.37. The molecular weight excluding hydrogens is 275 g/mol. The molecule has 1 aromatic carbocycles. The number of carbonyl (C=O) groups is 1. The molecule has 0 amide bonds. The lowest BCUT2D eigenvalue weighted by Crippen LogP contribution is -2.23. The van der Waals surface area contributed by atoms with E-state index in [2.05, 4.69) is 0 Å². The van der Waals surface area contributed by atoms with E-state index in [9.17, 15) is 9.36 Å². The fourth-order valence-electron chi connectivity index (χ4n) is 1.86. The second-order valence-corrected chi connectivity index (χ2v) is 7.79. The maximum atomic E-state index is 13.0. The smallest absolute Gasteiger partial charge is 0.339 e. The summed E-state index contributed by atoms with van der Waals surface area (Å²) in [5.41, 5.74) is 0.326. The van der Waals surface area contributed by atoms with Gasteiger partial charge in [0.15, 0.2) is 0 Å². The molecule has 1 aromatic rings. The molecule has 4 nitrogen and oxygen atoms in total. The van der Waals surface area contributed by atoms with Crippen molar-refractivity contribution < 1.29 is 18.6 Å². The van der Waals surface area contributed by atoms with E-state index in [1.165, 1.54) is 0 Å². The van der Waals surface area contributed by atoms with Crippen LogP contribution in [-0.4, -0.2) is 24.3 Å². The van der Waals surface area contributed by atoms with E-state index in [0.717, 1.165) is 0 Å². The van der Waals surface area contributed by atoms with Crippen LogP contribution in [0.5, 0.6) is 0 Å². The summed E-state index contributed by atoms with van der Waals surface area (Å²) in [5.74, 6) is -0.461. The monoisotopic (exact) mass is 298 g/mol. The van der Waals surface area contributed by atoms with Crippen molar-refractivity contribution in [2.24, 2.45) is 0 Å². The first-order valence-corrected chi connectivity index (χ1v) is 8.69. The fraction of sp³-hybridized carbons (Fsp3) is 0.533. The maximum Gasteiger partial charge on any atom is 0.339 e. The molecule has 1 unspecified atom stereocenters. The minimum Gasteiger partial charge on any atom is -0.459 e. The van der Waals surface area contributed by atoms with Gasteiger partial charge in [0.1, 0.15) is 0 Å². The molecule has 0 aromatic heterocycles. The SMILES string of the molecule is CCP(=O)(OC(C)C)c1ccccc1C(=O)OC(C)C. The van der Waals surface area contributed by atoms with Gasteiger partial charge in [0, 0.05) is 6.16 Å². The molecule has 0 N–H and O–H groups in total. The summed E-state index contributed by atoms with van der Waals surface area (Å²) in [6.45, 7) is 9.03. The highest BCUT2D eigenvalue weighted by Crippen LogP contribution is 2.47. The van der Waals surface area contributed by atoms with Crippen LogP contribution < -0.4 is 5.30 Å². The van der Waals surface area contributed by atoms with E-state index in [0.29, 0.717) is 17.0 Å². The standard InChI is InChI=1S/C15H23O4P/c1-6-20(17,19-12(4)5)14-10-8-7-9-13(14)15(16)18-11(2)3/h7-12H,6H2,1-5H3. The molecule has 0 radical (unpaired) electrons. The lowest BCUT2D eigenvalue weighted by atomic mass is 10.2. The number of rotatable bonds is 6. The molecule has 1 atom stereocenters. The van der Waals surface area contributed by atoms with E-state index in [-0.39, 0.29) is 12.2 Å². The Kier molecular flexibility index (Phi) is 5.97. The van der Waals surface area contributed by atoms with Gasteiger partial charge in [-0.05, 0) is 39.8 Å². The van der Waals surface area contributed by atoms with Crippen molar-refractivity contribution >= 4 is 18.6 Å². The molecule has 112 valence electrons. The zero-order chi connectivity index (χ0) is 15.3. The van der Waals surface area contributed by atoms with Crippen LogP contribution in [0.25, 0.3) is 0 Å². The fourth-order valence-corrected chi connectivity index (χ4v) is 3.99. The van der Waals surface area contributed by atoms with Gasteiger partial charge in [0.25, 0.3) is 0 Å². The van der Waals surface area contributed by atoms with Crippen molar-refractivity contribution in [1.82, 2.24) is 0 Å². The first-order valence-electron chi connectivity index (χ1n) is 6.88. The van der Waals surface area contributed by atoms with Crippen LogP contribution in [0.15, 0.2) is 24.3 Å². The predicted octanol–water partition coefficient (Wildman–Crippen LogP) is 3.60. The van der Waals surface area contributed by atoms with E-state index >= 15 is 0 Å². The summed E-state index contributed by atoms with van der Waals surface area (Å²) in [6.07, 6.45) is -0.0468. The topological polar surface area (TPSA) is 52.6 Å². The number of hydrogen-bond acceptors (Lipinski definition) is 4. The Balaban J connectivity index is 3.24. The third-order valence-corrected chi connectivity index (χ3v) is 5.35. The first-order chi connectivity index (χ1) is 9.30. The molecule has 0 bridgehead atoms. The highest BCUT2D eigenvalue weighted by Gasteiger charge is 2.30. The Morgan fingerprint density at radius 1 is 1.15 bits per heavy atom. The molecule has 5 heteroatoms. The third-order valence-electron chi connectivity index (χ3n) is 2.63. The Bertz CT molecular complexity index is 508. The van der Waals surface area contributed by atoms with Crippen LogP contribution in [-0.2, 0) is 13.8 Å². The summed E-state index contributed by atoms with van der Waals surface area (Å²) < 4.78 is 23.8. The van der Waals surface area contributed by atoms with Crippen molar-refractivity contribution in [3.8, 4) is 0 Å². The van der Waals surface area contributed by atoms with Gasteiger partial charge in [-0.25, -0.2) is 4.79 Å². The van der Waals surface area contributed by atoms with Gasteiger partial charge in [0.05, 0.1) is 23.1 Å². The van der Waals surface area contributed by atoms with Crippen molar-refractivity contribution in [3.63, 3.8) is 0 Å². The lowest BCUT2D eigenvalue weighted by Gasteiger charge is -2.22. The van der Waals surface area contributed by atoms with Crippen LogP contribution in [0, 0.1) is 0 Å².